The summed E-state index contributed by atoms with van der Waals surface area (Å²) < 4.78 is 20.4. The van der Waals surface area contributed by atoms with E-state index < -0.39 is 11.0 Å². The number of piperidine rings is 3. The normalized spacial score (nSPS) is 23.5. The second-order valence-electron chi connectivity index (χ2n) is 12.1. The van der Waals surface area contributed by atoms with E-state index in [-0.39, 0.29) is 5.91 Å². The van der Waals surface area contributed by atoms with Crippen LogP contribution in [0.4, 0.5) is 0 Å². The lowest BCUT2D eigenvalue weighted by Gasteiger charge is -2.46. The predicted octanol–water partition coefficient (Wildman–Crippen LogP) is 3.14. The Hall–Kier alpha value is -1.52. The highest BCUT2D eigenvalue weighted by atomic mass is 32.2. The number of amides is 1. The van der Waals surface area contributed by atoms with E-state index in [2.05, 4.69) is 33.7 Å². The number of carbonyl (C=O) groups excluding carboxylic acids is 1. The molecular weight excluding hydrogens is 510 g/mol. The van der Waals surface area contributed by atoms with Crippen LogP contribution in [0, 0.1) is 13.8 Å². The summed E-state index contributed by atoms with van der Waals surface area (Å²) in [4.78, 5) is 23.8. The first kappa shape index (κ1) is 30.4. The number of hydrogen-bond acceptors (Lipinski definition) is 6. The quantitative estimate of drug-likeness (QED) is 0.462. The van der Waals surface area contributed by atoms with Gasteiger partial charge < -0.3 is 19.4 Å². The Kier molecular flexibility index (Phi) is 10.8. The molecule has 9 heteroatoms. The van der Waals surface area contributed by atoms with Crippen molar-refractivity contribution in [2.24, 2.45) is 0 Å². The lowest BCUT2D eigenvalue weighted by molar-refractivity contribution is -0.133. The van der Waals surface area contributed by atoms with Crippen molar-refractivity contribution in [3.8, 4) is 5.75 Å². The lowest BCUT2D eigenvalue weighted by Crippen LogP contribution is -2.55. The topological polar surface area (TPSA) is 59.6 Å². The van der Waals surface area contributed by atoms with Crippen molar-refractivity contribution in [3.63, 3.8) is 0 Å². The molecule has 1 aromatic rings. The van der Waals surface area contributed by atoms with Gasteiger partial charge in [-0.05, 0) is 116 Å². The molecule has 0 radical (unpaired) electrons. The number of benzene rings is 1. The molecular formula is C30H51N5O3S. The van der Waals surface area contributed by atoms with Gasteiger partial charge in [0.25, 0.3) is 0 Å². The Morgan fingerprint density at radius 3 is 2.10 bits per heavy atom. The Morgan fingerprint density at radius 1 is 0.923 bits per heavy atom. The van der Waals surface area contributed by atoms with E-state index in [9.17, 15) is 9.00 Å². The number of rotatable bonds is 9. The number of carbonyl (C=O) groups is 1. The molecule has 3 fully saturated rings. The third-order valence-electron chi connectivity index (χ3n) is 9.28. The third-order valence-corrected chi connectivity index (χ3v) is 11.0. The van der Waals surface area contributed by atoms with Crippen molar-refractivity contribution >= 4 is 16.9 Å². The molecule has 3 aliphatic heterocycles. The maximum absolute atomic E-state index is 13.3. The van der Waals surface area contributed by atoms with Crippen LogP contribution < -0.4 is 4.74 Å². The van der Waals surface area contributed by atoms with Gasteiger partial charge in [0.1, 0.15) is 16.7 Å². The van der Waals surface area contributed by atoms with Crippen molar-refractivity contribution in [2.45, 2.75) is 81.8 Å². The second-order valence-corrected chi connectivity index (χ2v) is 13.6. The van der Waals surface area contributed by atoms with Crippen molar-refractivity contribution in [1.82, 2.24) is 23.9 Å². The Balaban J connectivity index is 1.22. The number of methoxy groups -OCH3 is 1. The maximum atomic E-state index is 13.3. The molecule has 2 unspecified atom stereocenters. The Morgan fingerprint density at radius 2 is 1.51 bits per heavy atom. The summed E-state index contributed by atoms with van der Waals surface area (Å²) in [6.07, 6.45) is 7.72. The summed E-state index contributed by atoms with van der Waals surface area (Å²) in [7, 11) is 6.60. The standard InChI is InChI=1S/C30H51N5O3S/c1-23-20-28(38-6)21-24(2)30(23)39(37)32(5)15-13-29(36)35-14-7-8-27(22-35)34-18-11-26(12-19-34)33-16-9-25(10-17-33)31(3)4/h20-21,25-27H,7-19,22H2,1-6H3. The minimum Gasteiger partial charge on any atom is -0.497 e. The molecule has 0 bridgehead atoms. The minimum atomic E-state index is -1.31. The first-order chi connectivity index (χ1) is 18.7. The molecule has 1 aromatic carbocycles. The van der Waals surface area contributed by atoms with Crippen LogP contribution in [0.15, 0.2) is 17.0 Å². The molecule has 0 aliphatic carbocycles. The Bertz CT molecular complexity index is 966. The first-order valence-corrected chi connectivity index (χ1v) is 16.0. The molecule has 220 valence electrons. The molecule has 4 rings (SSSR count). The molecule has 0 aromatic heterocycles. The van der Waals surface area contributed by atoms with Gasteiger partial charge in [0, 0.05) is 51.2 Å². The molecule has 3 aliphatic rings. The highest BCUT2D eigenvalue weighted by molar-refractivity contribution is 7.82. The fraction of sp³-hybridized carbons (Fsp3) is 0.767. The largest absolute Gasteiger partial charge is 0.497 e. The zero-order chi connectivity index (χ0) is 28.1. The van der Waals surface area contributed by atoms with E-state index in [4.69, 9.17) is 4.74 Å². The van der Waals surface area contributed by atoms with Crippen molar-refractivity contribution in [1.29, 1.82) is 0 Å². The van der Waals surface area contributed by atoms with Gasteiger partial charge in [-0.2, -0.15) is 0 Å². The van der Waals surface area contributed by atoms with E-state index >= 15 is 0 Å². The summed E-state index contributed by atoms with van der Waals surface area (Å²) in [5, 5.41) is 0. The number of ether oxygens (including phenoxy) is 1. The summed E-state index contributed by atoms with van der Waals surface area (Å²) in [6.45, 7) is 10.8. The van der Waals surface area contributed by atoms with E-state index in [0.717, 1.165) is 66.5 Å². The second kappa shape index (κ2) is 13.9. The summed E-state index contributed by atoms with van der Waals surface area (Å²) in [5.41, 5.74) is 1.90. The lowest BCUT2D eigenvalue weighted by atomic mass is 9.95. The summed E-state index contributed by atoms with van der Waals surface area (Å²) >= 11 is 0. The average Bonchev–Trinajstić information content (AvgIpc) is 2.95. The molecule has 3 saturated heterocycles. The van der Waals surface area contributed by atoms with Crippen LogP contribution >= 0.6 is 0 Å². The SMILES string of the molecule is COc1cc(C)c(S(=O)N(C)CCC(=O)N2CCCC(N3CCC(N4CCC(N(C)C)CC4)CC3)C2)c(C)c1. The Labute approximate surface area is 239 Å². The van der Waals surface area contributed by atoms with Gasteiger partial charge in [-0.3, -0.25) is 9.69 Å². The van der Waals surface area contributed by atoms with Crippen LogP contribution in [-0.4, -0.2) is 126 Å². The molecule has 2 atom stereocenters. The third kappa shape index (κ3) is 7.61. The highest BCUT2D eigenvalue weighted by Gasteiger charge is 2.33. The van der Waals surface area contributed by atoms with Crippen LogP contribution in [-0.2, 0) is 15.8 Å². The molecule has 0 N–H and O–H groups in total. The predicted molar refractivity (Wildman–Crippen MR) is 159 cm³/mol. The van der Waals surface area contributed by atoms with Gasteiger partial charge in [-0.25, -0.2) is 8.51 Å². The van der Waals surface area contributed by atoms with Crippen molar-refractivity contribution in [2.75, 3.05) is 74.1 Å². The van der Waals surface area contributed by atoms with E-state index in [1.807, 2.05) is 33.0 Å². The van der Waals surface area contributed by atoms with Gasteiger partial charge in [0.05, 0.1) is 12.0 Å². The van der Waals surface area contributed by atoms with Crippen LogP contribution in [0.5, 0.6) is 5.75 Å². The number of nitrogens with zero attached hydrogens (tertiary/aromatic N) is 5. The smallest absolute Gasteiger partial charge is 0.223 e. The highest BCUT2D eigenvalue weighted by Crippen LogP contribution is 2.27. The van der Waals surface area contributed by atoms with Crippen LogP contribution in [0.3, 0.4) is 0 Å². The maximum Gasteiger partial charge on any atom is 0.223 e. The van der Waals surface area contributed by atoms with Gasteiger partial charge >= 0.3 is 0 Å². The van der Waals surface area contributed by atoms with Crippen LogP contribution in [0.1, 0.15) is 56.1 Å². The van der Waals surface area contributed by atoms with Crippen molar-refractivity contribution < 1.29 is 13.7 Å². The number of hydrogen-bond donors (Lipinski definition) is 0. The zero-order valence-corrected chi connectivity index (χ0v) is 26.0. The number of likely N-dealkylation sites (tertiary alicyclic amines) is 3. The average molecular weight is 562 g/mol. The van der Waals surface area contributed by atoms with Gasteiger partial charge in [0.15, 0.2) is 0 Å². The molecule has 0 saturated carbocycles. The van der Waals surface area contributed by atoms with Gasteiger partial charge in [0.2, 0.25) is 5.91 Å². The zero-order valence-electron chi connectivity index (χ0n) is 25.2. The van der Waals surface area contributed by atoms with Gasteiger partial charge in [-0.15, -0.1) is 0 Å². The molecule has 1 amide bonds. The van der Waals surface area contributed by atoms with Crippen LogP contribution in [0.2, 0.25) is 0 Å². The molecule has 3 heterocycles. The van der Waals surface area contributed by atoms with E-state index in [1.165, 1.54) is 45.2 Å². The minimum absolute atomic E-state index is 0.186. The van der Waals surface area contributed by atoms with Crippen LogP contribution in [0.25, 0.3) is 0 Å². The van der Waals surface area contributed by atoms with E-state index in [0.29, 0.717) is 19.0 Å². The molecule has 39 heavy (non-hydrogen) atoms. The monoisotopic (exact) mass is 561 g/mol. The summed E-state index contributed by atoms with van der Waals surface area (Å²) in [5.74, 6) is 0.961. The van der Waals surface area contributed by atoms with E-state index in [1.54, 1.807) is 11.4 Å². The molecule has 8 nitrogen and oxygen atoms in total. The fourth-order valence-electron chi connectivity index (χ4n) is 6.82. The van der Waals surface area contributed by atoms with Gasteiger partial charge in [-0.1, -0.05) is 0 Å². The van der Waals surface area contributed by atoms with Crippen molar-refractivity contribution in [3.05, 3.63) is 23.3 Å². The first-order valence-electron chi connectivity index (χ1n) is 14.9. The molecule has 0 spiro atoms. The fourth-order valence-corrected chi connectivity index (χ4v) is 8.05. The summed E-state index contributed by atoms with van der Waals surface area (Å²) in [6, 6.07) is 5.77. The number of aryl methyl sites for hydroxylation is 2.